The van der Waals surface area contributed by atoms with E-state index in [-0.39, 0.29) is 5.91 Å². The molecule has 0 aliphatic carbocycles. The Hall–Kier alpha value is -2.09. The number of thiophene rings is 1. The second-order valence-electron chi connectivity index (χ2n) is 4.32. The van der Waals surface area contributed by atoms with Gasteiger partial charge in [0.25, 0.3) is 5.91 Å². The molecule has 2 rings (SSSR count). The van der Waals surface area contributed by atoms with Crippen LogP contribution in [0.5, 0.6) is 0 Å². The van der Waals surface area contributed by atoms with Gasteiger partial charge in [-0.05, 0) is 17.0 Å². The summed E-state index contributed by atoms with van der Waals surface area (Å²) in [5.41, 5.74) is 7.23. The predicted molar refractivity (Wildman–Crippen MR) is 82.5 cm³/mol. The lowest BCUT2D eigenvalue weighted by Gasteiger charge is -2.16. The van der Waals surface area contributed by atoms with Gasteiger partial charge in [0.05, 0.1) is 6.54 Å². The van der Waals surface area contributed by atoms with Crippen LogP contribution in [0.15, 0.2) is 41.8 Å². The lowest BCUT2D eigenvalue weighted by molar-refractivity contribution is 0.0789. The van der Waals surface area contributed by atoms with Crippen LogP contribution >= 0.6 is 11.3 Å². The first-order chi connectivity index (χ1) is 9.72. The molecule has 0 radical (unpaired) electrons. The van der Waals surface area contributed by atoms with Gasteiger partial charge < -0.3 is 10.6 Å². The highest BCUT2D eigenvalue weighted by Crippen LogP contribution is 2.18. The number of nitrogens with zero attached hydrogens (tertiary/aromatic N) is 1. The first-order valence-corrected chi connectivity index (χ1v) is 7.16. The van der Waals surface area contributed by atoms with Crippen molar-refractivity contribution in [1.82, 2.24) is 4.90 Å². The van der Waals surface area contributed by atoms with Crippen LogP contribution in [0.2, 0.25) is 0 Å². The maximum absolute atomic E-state index is 12.4. The predicted octanol–water partition coefficient (Wildman–Crippen LogP) is 2.33. The lowest BCUT2D eigenvalue weighted by atomic mass is 10.2. The Bertz CT molecular complexity index is 637. The fourth-order valence-electron chi connectivity index (χ4n) is 1.82. The number of nitrogens with two attached hydrogens (primary N) is 1. The van der Waals surface area contributed by atoms with Gasteiger partial charge >= 0.3 is 0 Å². The average molecular weight is 284 g/mol. The van der Waals surface area contributed by atoms with Gasteiger partial charge in [0.1, 0.15) is 4.88 Å². The van der Waals surface area contributed by atoms with Crippen molar-refractivity contribution in [1.29, 1.82) is 0 Å². The first kappa shape index (κ1) is 14.3. The molecule has 1 aromatic carbocycles. The van der Waals surface area contributed by atoms with Crippen LogP contribution in [0.4, 0.5) is 0 Å². The number of carbonyl (C=O) groups excluding carboxylic acids is 1. The van der Waals surface area contributed by atoms with Crippen LogP contribution in [-0.2, 0) is 6.54 Å². The molecule has 0 spiro atoms. The van der Waals surface area contributed by atoms with Crippen LogP contribution in [0.25, 0.3) is 0 Å². The molecule has 4 heteroatoms. The molecule has 0 atom stereocenters. The summed E-state index contributed by atoms with van der Waals surface area (Å²) in [6.07, 6.45) is 0. The SMILES string of the molecule is CN(Cc1ccccc1)C(=O)c1sccc1C#CCN. The van der Waals surface area contributed by atoms with Crippen molar-refractivity contribution in [2.45, 2.75) is 6.54 Å². The quantitative estimate of drug-likeness (QED) is 0.879. The normalized spacial score (nSPS) is 9.70. The van der Waals surface area contributed by atoms with Gasteiger partial charge in [-0.1, -0.05) is 42.2 Å². The molecule has 2 aromatic rings. The molecule has 0 aliphatic heterocycles. The van der Waals surface area contributed by atoms with Crippen molar-refractivity contribution in [3.63, 3.8) is 0 Å². The first-order valence-electron chi connectivity index (χ1n) is 6.28. The highest BCUT2D eigenvalue weighted by Gasteiger charge is 2.16. The van der Waals surface area contributed by atoms with E-state index in [1.54, 1.807) is 11.9 Å². The van der Waals surface area contributed by atoms with Crippen LogP contribution in [0, 0.1) is 11.8 Å². The molecule has 2 N–H and O–H groups in total. The fourth-order valence-corrected chi connectivity index (χ4v) is 2.66. The van der Waals surface area contributed by atoms with Crippen LogP contribution in [0.3, 0.4) is 0 Å². The molecule has 102 valence electrons. The minimum absolute atomic E-state index is 0.00910. The topological polar surface area (TPSA) is 46.3 Å². The summed E-state index contributed by atoms with van der Waals surface area (Å²) < 4.78 is 0. The van der Waals surface area contributed by atoms with Crippen LogP contribution in [-0.4, -0.2) is 24.4 Å². The fraction of sp³-hybridized carbons (Fsp3) is 0.188. The Balaban J connectivity index is 2.13. The lowest BCUT2D eigenvalue weighted by Crippen LogP contribution is -2.26. The van der Waals surface area contributed by atoms with Crippen molar-refractivity contribution in [2.24, 2.45) is 5.73 Å². The van der Waals surface area contributed by atoms with Crippen molar-refractivity contribution < 1.29 is 4.79 Å². The Kier molecular flexibility index (Phi) is 4.94. The number of rotatable bonds is 3. The zero-order valence-electron chi connectivity index (χ0n) is 11.3. The average Bonchev–Trinajstić information content (AvgIpc) is 2.93. The molecule has 0 fully saturated rings. The van der Waals surface area contributed by atoms with E-state index in [4.69, 9.17) is 5.73 Å². The molecule has 0 saturated heterocycles. The van der Waals surface area contributed by atoms with E-state index >= 15 is 0 Å². The minimum Gasteiger partial charge on any atom is -0.337 e. The van der Waals surface area contributed by atoms with Crippen molar-refractivity contribution in [2.75, 3.05) is 13.6 Å². The maximum atomic E-state index is 12.4. The third-order valence-corrected chi connectivity index (χ3v) is 3.70. The highest BCUT2D eigenvalue weighted by atomic mass is 32.1. The van der Waals surface area contributed by atoms with Crippen LogP contribution in [0.1, 0.15) is 20.8 Å². The van der Waals surface area contributed by atoms with Gasteiger partial charge in [-0.25, -0.2) is 0 Å². The molecular weight excluding hydrogens is 268 g/mol. The molecule has 3 nitrogen and oxygen atoms in total. The summed E-state index contributed by atoms with van der Waals surface area (Å²) in [4.78, 5) is 14.8. The third-order valence-electron chi connectivity index (χ3n) is 2.79. The largest absolute Gasteiger partial charge is 0.337 e. The molecule has 1 heterocycles. The third kappa shape index (κ3) is 3.47. The zero-order valence-corrected chi connectivity index (χ0v) is 12.1. The van der Waals surface area contributed by atoms with Gasteiger partial charge in [0.15, 0.2) is 0 Å². The van der Waals surface area contributed by atoms with Gasteiger partial charge in [-0.2, -0.15) is 0 Å². The monoisotopic (exact) mass is 284 g/mol. The molecule has 1 amide bonds. The van der Waals surface area contributed by atoms with Crippen molar-refractivity contribution >= 4 is 17.2 Å². The molecular formula is C16H16N2OS. The van der Waals surface area contributed by atoms with Crippen molar-refractivity contribution in [3.8, 4) is 11.8 Å². The Morgan fingerprint density at radius 1 is 1.30 bits per heavy atom. The molecule has 0 aliphatic rings. The molecule has 0 saturated carbocycles. The number of hydrogen-bond donors (Lipinski definition) is 1. The maximum Gasteiger partial charge on any atom is 0.265 e. The number of amides is 1. The van der Waals surface area contributed by atoms with Crippen molar-refractivity contribution in [3.05, 3.63) is 57.8 Å². The summed E-state index contributed by atoms with van der Waals surface area (Å²) in [6.45, 7) is 0.880. The second-order valence-corrected chi connectivity index (χ2v) is 5.23. The summed E-state index contributed by atoms with van der Waals surface area (Å²) in [7, 11) is 1.80. The molecule has 20 heavy (non-hydrogen) atoms. The number of hydrogen-bond acceptors (Lipinski definition) is 3. The van der Waals surface area contributed by atoms with E-state index in [0.29, 0.717) is 18.0 Å². The van der Waals surface area contributed by atoms with E-state index < -0.39 is 0 Å². The van der Waals surface area contributed by atoms with Gasteiger partial charge in [-0.3, -0.25) is 4.79 Å². The molecule has 0 bridgehead atoms. The Labute approximate surface area is 123 Å². The second kappa shape index (κ2) is 6.90. The summed E-state index contributed by atoms with van der Waals surface area (Å²) in [5.74, 6) is 5.72. The Morgan fingerprint density at radius 2 is 2.05 bits per heavy atom. The summed E-state index contributed by atoms with van der Waals surface area (Å²) >= 11 is 1.41. The number of benzene rings is 1. The zero-order chi connectivity index (χ0) is 14.4. The van der Waals surface area contributed by atoms with Gasteiger partial charge in [0.2, 0.25) is 0 Å². The summed E-state index contributed by atoms with van der Waals surface area (Å²) in [5, 5.41) is 1.88. The highest BCUT2D eigenvalue weighted by molar-refractivity contribution is 7.12. The van der Waals surface area contributed by atoms with E-state index in [2.05, 4.69) is 11.8 Å². The van der Waals surface area contributed by atoms with E-state index in [1.807, 2.05) is 41.8 Å². The van der Waals surface area contributed by atoms with Gasteiger partial charge in [0, 0.05) is 19.2 Å². The minimum atomic E-state index is -0.00910. The Morgan fingerprint density at radius 3 is 2.75 bits per heavy atom. The van der Waals surface area contributed by atoms with Gasteiger partial charge in [-0.15, -0.1) is 11.3 Å². The standard InChI is InChI=1S/C16H16N2OS/c1-18(12-13-6-3-2-4-7-13)16(19)15-14(8-5-10-17)9-11-20-15/h2-4,6-7,9,11H,10,12,17H2,1H3. The van der Waals surface area contributed by atoms with Crippen LogP contribution < -0.4 is 5.73 Å². The van der Waals surface area contributed by atoms with E-state index in [0.717, 1.165) is 11.1 Å². The number of carbonyl (C=O) groups is 1. The summed E-state index contributed by atoms with van der Waals surface area (Å²) in [6, 6.07) is 11.8. The molecule has 0 unspecified atom stereocenters. The van der Waals surface area contributed by atoms with E-state index in [9.17, 15) is 4.79 Å². The smallest absolute Gasteiger partial charge is 0.265 e. The molecule has 1 aromatic heterocycles. The van der Waals surface area contributed by atoms with E-state index in [1.165, 1.54) is 11.3 Å².